The molecular formula is C17H29IN4O. The summed E-state index contributed by atoms with van der Waals surface area (Å²) in [7, 11) is 5.90. The van der Waals surface area contributed by atoms with Crippen LogP contribution >= 0.6 is 24.0 Å². The SMILES string of the molecule is CN=C(NCc1cccc(OCCN(C)C)c1)NCC1CC1.I. The molecule has 1 aromatic carbocycles. The van der Waals surface area contributed by atoms with Crippen molar-refractivity contribution in [3.63, 3.8) is 0 Å². The van der Waals surface area contributed by atoms with Crippen LogP contribution in [0, 0.1) is 5.92 Å². The summed E-state index contributed by atoms with van der Waals surface area (Å²) in [5, 5.41) is 6.71. The zero-order valence-corrected chi connectivity index (χ0v) is 16.7. The van der Waals surface area contributed by atoms with E-state index in [9.17, 15) is 0 Å². The minimum Gasteiger partial charge on any atom is -0.492 e. The van der Waals surface area contributed by atoms with Crippen LogP contribution in [0.3, 0.4) is 0 Å². The van der Waals surface area contributed by atoms with Gasteiger partial charge in [-0.25, -0.2) is 0 Å². The number of likely N-dealkylation sites (N-methyl/N-ethyl adjacent to an activating group) is 1. The minimum atomic E-state index is 0. The highest BCUT2D eigenvalue weighted by Gasteiger charge is 2.20. The van der Waals surface area contributed by atoms with Gasteiger partial charge in [0.05, 0.1) is 0 Å². The molecule has 2 N–H and O–H groups in total. The van der Waals surface area contributed by atoms with Crippen LogP contribution in [0.1, 0.15) is 18.4 Å². The van der Waals surface area contributed by atoms with E-state index in [0.29, 0.717) is 6.61 Å². The van der Waals surface area contributed by atoms with Gasteiger partial charge in [0.25, 0.3) is 0 Å². The van der Waals surface area contributed by atoms with E-state index in [1.165, 1.54) is 18.4 Å². The van der Waals surface area contributed by atoms with Gasteiger partial charge < -0.3 is 20.3 Å². The summed E-state index contributed by atoms with van der Waals surface area (Å²) in [6, 6.07) is 8.21. The first-order valence-electron chi connectivity index (χ1n) is 7.98. The van der Waals surface area contributed by atoms with E-state index in [-0.39, 0.29) is 24.0 Å². The third-order valence-electron chi connectivity index (χ3n) is 3.64. The van der Waals surface area contributed by atoms with Crippen LogP contribution in [0.2, 0.25) is 0 Å². The fraction of sp³-hybridized carbons (Fsp3) is 0.588. The first kappa shape index (κ1) is 20.0. The molecule has 1 saturated carbocycles. The molecule has 0 saturated heterocycles. The van der Waals surface area contributed by atoms with Crippen molar-refractivity contribution < 1.29 is 4.74 Å². The molecule has 0 aromatic heterocycles. The predicted molar refractivity (Wildman–Crippen MR) is 107 cm³/mol. The lowest BCUT2D eigenvalue weighted by Crippen LogP contribution is -2.37. The van der Waals surface area contributed by atoms with Crippen LogP contribution in [0.5, 0.6) is 5.75 Å². The fourth-order valence-electron chi connectivity index (χ4n) is 2.06. The maximum absolute atomic E-state index is 5.76. The van der Waals surface area contributed by atoms with Crippen molar-refractivity contribution in [2.75, 3.05) is 40.8 Å². The van der Waals surface area contributed by atoms with E-state index in [1.807, 2.05) is 33.3 Å². The molecule has 130 valence electrons. The molecule has 0 heterocycles. The zero-order valence-electron chi connectivity index (χ0n) is 14.3. The van der Waals surface area contributed by atoms with Crippen molar-refractivity contribution in [1.29, 1.82) is 0 Å². The summed E-state index contributed by atoms with van der Waals surface area (Å²) >= 11 is 0. The lowest BCUT2D eigenvalue weighted by Gasteiger charge is -2.13. The molecule has 0 aliphatic heterocycles. The smallest absolute Gasteiger partial charge is 0.191 e. The van der Waals surface area contributed by atoms with Crippen molar-refractivity contribution in [2.45, 2.75) is 19.4 Å². The van der Waals surface area contributed by atoms with Crippen LogP contribution in [0.15, 0.2) is 29.3 Å². The Morgan fingerprint density at radius 2 is 2.09 bits per heavy atom. The van der Waals surface area contributed by atoms with E-state index in [2.05, 4.69) is 32.7 Å². The Bertz CT molecular complexity index is 489. The molecule has 0 spiro atoms. The van der Waals surface area contributed by atoms with Crippen LogP contribution < -0.4 is 15.4 Å². The topological polar surface area (TPSA) is 48.9 Å². The molecular weight excluding hydrogens is 403 g/mol. The molecule has 1 aliphatic carbocycles. The second kappa shape index (κ2) is 10.7. The predicted octanol–water partition coefficient (Wildman–Crippen LogP) is 2.32. The van der Waals surface area contributed by atoms with Crippen molar-refractivity contribution in [3.05, 3.63) is 29.8 Å². The molecule has 0 atom stereocenters. The first-order chi connectivity index (χ1) is 10.7. The van der Waals surface area contributed by atoms with Gasteiger partial charge >= 0.3 is 0 Å². The van der Waals surface area contributed by atoms with Gasteiger partial charge in [-0.05, 0) is 50.6 Å². The molecule has 5 nitrogen and oxygen atoms in total. The summed E-state index contributed by atoms with van der Waals surface area (Å²) in [6.45, 7) is 3.39. The number of nitrogens with one attached hydrogen (secondary N) is 2. The second-order valence-electron chi connectivity index (χ2n) is 6.05. The Balaban J connectivity index is 0.00000264. The van der Waals surface area contributed by atoms with Gasteiger partial charge in [0.1, 0.15) is 12.4 Å². The molecule has 1 fully saturated rings. The summed E-state index contributed by atoms with van der Waals surface area (Å²) in [5.41, 5.74) is 1.19. The maximum Gasteiger partial charge on any atom is 0.191 e. The molecule has 1 aliphatic rings. The first-order valence-corrected chi connectivity index (χ1v) is 7.98. The molecule has 0 radical (unpaired) electrons. The zero-order chi connectivity index (χ0) is 15.8. The quantitative estimate of drug-likeness (QED) is 0.376. The van der Waals surface area contributed by atoms with E-state index in [4.69, 9.17) is 4.74 Å². The van der Waals surface area contributed by atoms with Crippen molar-refractivity contribution in [3.8, 4) is 5.75 Å². The molecule has 0 bridgehead atoms. The van der Waals surface area contributed by atoms with Crippen LogP contribution in [0.25, 0.3) is 0 Å². The summed E-state index contributed by atoms with van der Waals surface area (Å²) in [6.07, 6.45) is 2.69. The number of aliphatic imine (C=N–C) groups is 1. The number of halogens is 1. The summed E-state index contributed by atoms with van der Waals surface area (Å²) < 4.78 is 5.76. The third kappa shape index (κ3) is 8.41. The Labute approximate surface area is 156 Å². The maximum atomic E-state index is 5.76. The van der Waals surface area contributed by atoms with E-state index < -0.39 is 0 Å². The van der Waals surface area contributed by atoms with Gasteiger partial charge in [0.2, 0.25) is 0 Å². The lowest BCUT2D eigenvalue weighted by atomic mass is 10.2. The molecule has 0 unspecified atom stereocenters. The van der Waals surface area contributed by atoms with Crippen LogP contribution in [-0.2, 0) is 6.54 Å². The van der Waals surface area contributed by atoms with E-state index in [1.54, 1.807) is 0 Å². The number of guanidine groups is 1. The van der Waals surface area contributed by atoms with E-state index in [0.717, 1.165) is 37.3 Å². The van der Waals surface area contributed by atoms with Crippen molar-refractivity contribution in [1.82, 2.24) is 15.5 Å². The Morgan fingerprint density at radius 3 is 2.74 bits per heavy atom. The van der Waals surface area contributed by atoms with Gasteiger partial charge in [-0.3, -0.25) is 4.99 Å². The number of rotatable bonds is 8. The Morgan fingerprint density at radius 1 is 1.30 bits per heavy atom. The summed E-state index contributed by atoms with van der Waals surface area (Å²) in [4.78, 5) is 6.36. The summed E-state index contributed by atoms with van der Waals surface area (Å²) in [5.74, 6) is 2.62. The Hall–Kier alpha value is -1.02. The second-order valence-corrected chi connectivity index (χ2v) is 6.05. The van der Waals surface area contributed by atoms with Crippen molar-refractivity contribution in [2.24, 2.45) is 10.9 Å². The van der Waals surface area contributed by atoms with Crippen LogP contribution in [-0.4, -0.2) is 51.7 Å². The number of hydrogen-bond donors (Lipinski definition) is 2. The number of ether oxygens (including phenoxy) is 1. The number of nitrogens with zero attached hydrogens (tertiary/aromatic N) is 2. The average Bonchev–Trinajstić information content (AvgIpc) is 3.32. The monoisotopic (exact) mass is 432 g/mol. The van der Waals surface area contributed by atoms with Gasteiger partial charge in [-0.1, -0.05) is 12.1 Å². The van der Waals surface area contributed by atoms with Gasteiger partial charge in [-0.2, -0.15) is 0 Å². The lowest BCUT2D eigenvalue weighted by molar-refractivity contribution is 0.261. The van der Waals surface area contributed by atoms with Gasteiger partial charge in [0.15, 0.2) is 5.96 Å². The molecule has 1 aromatic rings. The number of benzene rings is 1. The number of hydrogen-bond acceptors (Lipinski definition) is 3. The molecule has 0 amide bonds. The normalized spacial score (nSPS) is 14.3. The fourth-order valence-corrected chi connectivity index (χ4v) is 2.06. The largest absolute Gasteiger partial charge is 0.492 e. The Kier molecular flexibility index (Phi) is 9.31. The molecule has 2 rings (SSSR count). The van der Waals surface area contributed by atoms with Gasteiger partial charge in [0, 0.05) is 26.7 Å². The van der Waals surface area contributed by atoms with Gasteiger partial charge in [-0.15, -0.1) is 24.0 Å². The average molecular weight is 432 g/mol. The molecule has 6 heteroatoms. The standard InChI is InChI=1S/C17H28N4O.HI/c1-18-17(19-12-14-7-8-14)20-13-15-5-4-6-16(11-15)22-10-9-21(2)3;/h4-6,11,14H,7-10,12-13H2,1-3H3,(H2,18,19,20);1H. The minimum absolute atomic E-state index is 0. The highest BCUT2D eigenvalue weighted by molar-refractivity contribution is 14.0. The van der Waals surface area contributed by atoms with Crippen molar-refractivity contribution >= 4 is 29.9 Å². The third-order valence-corrected chi connectivity index (χ3v) is 3.64. The highest BCUT2D eigenvalue weighted by Crippen LogP contribution is 2.27. The highest BCUT2D eigenvalue weighted by atomic mass is 127. The molecule has 23 heavy (non-hydrogen) atoms. The van der Waals surface area contributed by atoms with E-state index >= 15 is 0 Å². The van der Waals surface area contributed by atoms with Crippen LogP contribution in [0.4, 0.5) is 0 Å².